The fourth-order valence-corrected chi connectivity index (χ4v) is 5.32. The van der Waals surface area contributed by atoms with Gasteiger partial charge in [0.25, 0.3) is 0 Å². The Balaban J connectivity index is 1.81. The molecule has 0 saturated heterocycles. The Hall–Kier alpha value is -1.58. The maximum Gasteiger partial charge on any atom is 0.216 e. The quantitative estimate of drug-likeness (QED) is 0.643. The van der Waals surface area contributed by atoms with Crippen molar-refractivity contribution in [2.24, 2.45) is 0 Å². The molecule has 0 aliphatic heterocycles. The first-order chi connectivity index (χ1) is 11.9. The molecule has 0 bridgehead atoms. The summed E-state index contributed by atoms with van der Waals surface area (Å²) in [5.74, 6) is -1.05. The van der Waals surface area contributed by atoms with Crippen molar-refractivity contribution in [2.75, 3.05) is 6.54 Å². The minimum absolute atomic E-state index is 0.0887. The van der Waals surface area contributed by atoms with Crippen molar-refractivity contribution in [3.05, 3.63) is 80.4 Å². The van der Waals surface area contributed by atoms with E-state index < -0.39 is 27.2 Å². The van der Waals surface area contributed by atoms with Gasteiger partial charge in [-0.25, -0.2) is 17.5 Å². The molecule has 132 valence electrons. The lowest BCUT2D eigenvalue weighted by Gasteiger charge is -2.26. The predicted molar refractivity (Wildman–Crippen MR) is 98.7 cm³/mol. The van der Waals surface area contributed by atoms with E-state index in [-0.39, 0.29) is 12.1 Å². The Morgan fingerprint density at radius 1 is 1.00 bits per heavy atom. The molecular formula is C17H16FNO3S3. The van der Waals surface area contributed by atoms with Gasteiger partial charge in [0.05, 0.1) is 5.75 Å². The van der Waals surface area contributed by atoms with Gasteiger partial charge in [0.15, 0.2) is 0 Å². The van der Waals surface area contributed by atoms with Crippen molar-refractivity contribution in [3.63, 3.8) is 0 Å². The maximum atomic E-state index is 13.7. The number of aliphatic hydroxyl groups is 1. The van der Waals surface area contributed by atoms with Crippen LogP contribution in [0.15, 0.2) is 59.3 Å². The van der Waals surface area contributed by atoms with Gasteiger partial charge in [-0.05, 0) is 29.0 Å². The highest BCUT2D eigenvalue weighted by Gasteiger charge is 2.35. The first-order valence-electron chi connectivity index (χ1n) is 7.42. The van der Waals surface area contributed by atoms with Crippen LogP contribution in [0.2, 0.25) is 0 Å². The van der Waals surface area contributed by atoms with Crippen LogP contribution in [0.5, 0.6) is 0 Å². The summed E-state index contributed by atoms with van der Waals surface area (Å²) < 4.78 is 40.8. The van der Waals surface area contributed by atoms with Gasteiger partial charge in [-0.3, -0.25) is 0 Å². The fraction of sp³-hybridized carbons (Fsp3) is 0.176. The molecule has 0 amide bonds. The van der Waals surface area contributed by atoms with Gasteiger partial charge in [-0.15, -0.1) is 22.7 Å². The molecule has 2 heterocycles. The van der Waals surface area contributed by atoms with Crippen LogP contribution in [-0.2, 0) is 21.4 Å². The minimum Gasteiger partial charge on any atom is -0.377 e. The van der Waals surface area contributed by atoms with Crippen molar-refractivity contribution in [1.29, 1.82) is 0 Å². The number of benzene rings is 1. The first kappa shape index (κ1) is 18.2. The van der Waals surface area contributed by atoms with Crippen molar-refractivity contribution >= 4 is 32.7 Å². The standard InChI is InChI=1S/C17H16FNO3S3/c18-14-6-2-1-5-13(14)11-25(21,22)19-12-17(20,15-7-3-9-23-15)16-8-4-10-24-16/h1-10,19-20H,11-12H2. The molecule has 1 aromatic carbocycles. The maximum absolute atomic E-state index is 13.7. The number of hydrogen-bond acceptors (Lipinski definition) is 5. The molecule has 3 rings (SSSR count). The van der Waals surface area contributed by atoms with Crippen molar-refractivity contribution < 1.29 is 17.9 Å². The van der Waals surface area contributed by atoms with E-state index in [0.29, 0.717) is 9.75 Å². The Morgan fingerprint density at radius 2 is 1.60 bits per heavy atom. The molecule has 3 aromatic rings. The number of hydrogen-bond donors (Lipinski definition) is 2. The van der Waals surface area contributed by atoms with Gasteiger partial charge in [0.1, 0.15) is 11.4 Å². The van der Waals surface area contributed by atoms with E-state index in [9.17, 15) is 17.9 Å². The van der Waals surface area contributed by atoms with Crippen LogP contribution in [-0.4, -0.2) is 20.1 Å². The van der Waals surface area contributed by atoms with E-state index >= 15 is 0 Å². The molecule has 0 saturated carbocycles. The van der Waals surface area contributed by atoms with E-state index in [1.54, 1.807) is 30.3 Å². The Morgan fingerprint density at radius 3 is 2.12 bits per heavy atom. The Labute approximate surface area is 153 Å². The molecule has 0 aliphatic carbocycles. The molecular weight excluding hydrogens is 381 g/mol. The highest BCUT2D eigenvalue weighted by molar-refractivity contribution is 7.88. The van der Waals surface area contributed by atoms with E-state index in [1.807, 2.05) is 10.8 Å². The molecule has 0 spiro atoms. The largest absolute Gasteiger partial charge is 0.377 e. The van der Waals surface area contributed by atoms with Crippen LogP contribution < -0.4 is 4.72 Å². The van der Waals surface area contributed by atoms with Crippen LogP contribution in [0.4, 0.5) is 4.39 Å². The van der Waals surface area contributed by atoms with E-state index in [2.05, 4.69) is 4.72 Å². The highest BCUT2D eigenvalue weighted by Crippen LogP contribution is 2.35. The smallest absolute Gasteiger partial charge is 0.216 e. The van der Waals surface area contributed by atoms with Crippen LogP contribution in [0.25, 0.3) is 0 Å². The molecule has 0 unspecified atom stereocenters. The van der Waals surface area contributed by atoms with Gasteiger partial charge >= 0.3 is 0 Å². The summed E-state index contributed by atoms with van der Waals surface area (Å²) in [4.78, 5) is 1.28. The van der Waals surface area contributed by atoms with Gasteiger partial charge in [-0.2, -0.15) is 0 Å². The monoisotopic (exact) mass is 397 g/mol. The number of rotatable bonds is 7. The van der Waals surface area contributed by atoms with Crippen LogP contribution >= 0.6 is 22.7 Å². The summed E-state index contributed by atoms with van der Waals surface area (Å²) in [5.41, 5.74) is -1.37. The highest BCUT2D eigenvalue weighted by atomic mass is 32.2. The SMILES string of the molecule is O=S(=O)(Cc1ccccc1F)NCC(O)(c1cccs1)c1cccs1. The molecule has 0 atom stereocenters. The summed E-state index contributed by atoms with van der Waals surface area (Å²) in [6.07, 6.45) is 0. The fourth-order valence-electron chi connectivity index (χ4n) is 2.41. The topological polar surface area (TPSA) is 66.4 Å². The van der Waals surface area contributed by atoms with Gasteiger partial charge in [0, 0.05) is 21.9 Å². The summed E-state index contributed by atoms with van der Waals surface area (Å²) in [6.45, 7) is -0.217. The van der Waals surface area contributed by atoms with Gasteiger partial charge < -0.3 is 5.11 Å². The van der Waals surface area contributed by atoms with Crippen molar-refractivity contribution in [2.45, 2.75) is 11.4 Å². The summed E-state index contributed by atoms with van der Waals surface area (Å²) in [7, 11) is -3.81. The average Bonchev–Trinajstić information content (AvgIpc) is 3.28. The summed E-state index contributed by atoms with van der Waals surface area (Å²) in [6, 6.07) is 12.9. The second-order valence-corrected chi connectivity index (χ2v) is 9.19. The van der Waals surface area contributed by atoms with Gasteiger partial charge in [-0.1, -0.05) is 30.3 Å². The summed E-state index contributed by atoms with van der Waals surface area (Å²) in [5, 5.41) is 14.8. The molecule has 25 heavy (non-hydrogen) atoms. The number of halogens is 1. The van der Waals surface area contributed by atoms with Crippen molar-refractivity contribution in [1.82, 2.24) is 4.72 Å². The van der Waals surface area contributed by atoms with E-state index in [4.69, 9.17) is 0 Å². The normalized spacial score (nSPS) is 12.4. The Kier molecular flexibility index (Phi) is 5.35. The third-order valence-electron chi connectivity index (χ3n) is 3.71. The molecule has 0 fully saturated rings. The van der Waals surface area contributed by atoms with Gasteiger partial charge in [0.2, 0.25) is 10.0 Å². The zero-order valence-corrected chi connectivity index (χ0v) is 15.5. The predicted octanol–water partition coefficient (Wildman–Crippen LogP) is 3.30. The Bertz CT molecular complexity index is 888. The third-order valence-corrected chi connectivity index (χ3v) is 7.03. The molecule has 0 aliphatic rings. The number of sulfonamides is 1. The minimum atomic E-state index is -3.81. The number of thiophene rings is 2. The lowest BCUT2D eigenvalue weighted by molar-refractivity contribution is 0.0937. The van der Waals surface area contributed by atoms with Crippen LogP contribution in [0.1, 0.15) is 15.3 Å². The average molecular weight is 398 g/mol. The third kappa shape index (κ3) is 4.16. The lowest BCUT2D eigenvalue weighted by Crippen LogP contribution is -2.41. The summed E-state index contributed by atoms with van der Waals surface area (Å²) >= 11 is 2.69. The molecule has 2 aromatic heterocycles. The zero-order chi connectivity index (χ0) is 17.9. The molecule has 8 heteroatoms. The number of nitrogens with one attached hydrogen (secondary N) is 1. The van der Waals surface area contributed by atoms with Crippen molar-refractivity contribution in [3.8, 4) is 0 Å². The second-order valence-electron chi connectivity index (χ2n) is 5.49. The van der Waals surface area contributed by atoms with E-state index in [0.717, 1.165) is 0 Å². The molecule has 0 radical (unpaired) electrons. The van der Waals surface area contributed by atoms with Crippen LogP contribution in [0.3, 0.4) is 0 Å². The lowest BCUT2D eigenvalue weighted by atomic mass is 10.0. The second kappa shape index (κ2) is 7.35. The zero-order valence-electron chi connectivity index (χ0n) is 13.1. The van der Waals surface area contributed by atoms with E-state index in [1.165, 1.54) is 40.9 Å². The van der Waals surface area contributed by atoms with Crippen LogP contribution in [0, 0.1) is 5.82 Å². The first-order valence-corrected chi connectivity index (χ1v) is 10.8. The molecule has 2 N–H and O–H groups in total. The molecule has 4 nitrogen and oxygen atoms in total.